The minimum atomic E-state index is -0.0536. The molecule has 4 nitrogen and oxygen atoms in total. The van der Waals surface area contributed by atoms with Crippen LogP contribution in [0.5, 0.6) is 5.75 Å². The van der Waals surface area contributed by atoms with Crippen LogP contribution < -0.4 is 15.4 Å². The van der Waals surface area contributed by atoms with Gasteiger partial charge in [0, 0.05) is 35.4 Å². The van der Waals surface area contributed by atoms with Crippen molar-refractivity contribution in [2.75, 3.05) is 17.7 Å². The van der Waals surface area contributed by atoms with Gasteiger partial charge in [-0.2, -0.15) is 0 Å². The van der Waals surface area contributed by atoms with Crippen molar-refractivity contribution in [3.05, 3.63) is 54.1 Å². The molecular formula is C22H27N3O. The van der Waals surface area contributed by atoms with Gasteiger partial charge in [-0.3, -0.25) is 0 Å². The third-order valence-electron chi connectivity index (χ3n) is 6.55. The molecule has 0 aliphatic carbocycles. The fourth-order valence-corrected chi connectivity index (χ4v) is 5.19. The first-order chi connectivity index (χ1) is 12.7. The standard InChI is InChI=1S/C22H27N3O/c1-24-17-8-5-9-18(24)14-19(13-17)25-20-11-10-16(23)12-21(20)26-22(25)15-6-3-2-4-7-15/h2-4,6-7,10-12,17-19,22H,5,8-9,13-14,23H2,1H3. The number of rotatable bonds is 2. The zero-order valence-corrected chi connectivity index (χ0v) is 15.3. The zero-order chi connectivity index (χ0) is 17.7. The largest absolute Gasteiger partial charge is 0.464 e. The van der Waals surface area contributed by atoms with E-state index in [1.807, 2.05) is 12.1 Å². The molecular weight excluding hydrogens is 322 g/mol. The molecule has 136 valence electrons. The van der Waals surface area contributed by atoms with Gasteiger partial charge in [0.1, 0.15) is 5.75 Å². The number of hydrogen-bond donors (Lipinski definition) is 1. The van der Waals surface area contributed by atoms with Crippen molar-refractivity contribution in [2.24, 2.45) is 0 Å². The van der Waals surface area contributed by atoms with Crippen LogP contribution in [0.4, 0.5) is 11.4 Å². The first-order valence-electron chi connectivity index (χ1n) is 9.82. The number of fused-ring (bicyclic) bond motifs is 3. The number of hydrogen-bond acceptors (Lipinski definition) is 4. The quantitative estimate of drug-likeness (QED) is 0.826. The Morgan fingerprint density at radius 3 is 2.42 bits per heavy atom. The van der Waals surface area contributed by atoms with Gasteiger partial charge in [-0.25, -0.2) is 0 Å². The van der Waals surface area contributed by atoms with Crippen LogP contribution in [0.2, 0.25) is 0 Å². The summed E-state index contributed by atoms with van der Waals surface area (Å²) in [5.41, 5.74) is 9.20. The van der Waals surface area contributed by atoms with E-state index < -0.39 is 0 Å². The van der Waals surface area contributed by atoms with Crippen LogP contribution in [-0.4, -0.2) is 30.1 Å². The molecule has 2 saturated heterocycles. The molecule has 2 aromatic rings. The van der Waals surface area contributed by atoms with Gasteiger partial charge in [0.25, 0.3) is 0 Å². The maximum Gasteiger partial charge on any atom is 0.199 e. The summed E-state index contributed by atoms with van der Waals surface area (Å²) in [6.45, 7) is 0. The van der Waals surface area contributed by atoms with Crippen molar-refractivity contribution in [1.82, 2.24) is 4.90 Å². The molecule has 0 saturated carbocycles. The molecule has 26 heavy (non-hydrogen) atoms. The van der Waals surface area contributed by atoms with E-state index in [2.05, 4.69) is 53.2 Å². The number of anilines is 2. The van der Waals surface area contributed by atoms with Gasteiger partial charge >= 0.3 is 0 Å². The molecule has 2 N–H and O–H groups in total. The summed E-state index contributed by atoms with van der Waals surface area (Å²) in [4.78, 5) is 5.15. The van der Waals surface area contributed by atoms with Crippen molar-refractivity contribution < 1.29 is 4.74 Å². The van der Waals surface area contributed by atoms with E-state index in [1.54, 1.807) is 0 Å². The third-order valence-corrected chi connectivity index (χ3v) is 6.55. The fourth-order valence-electron chi connectivity index (χ4n) is 5.19. The van der Waals surface area contributed by atoms with Crippen LogP contribution >= 0.6 is 0 Å². The second kappa shape index (κ2) is 6.20. The molecule has 0 radical (unpaired) electrons. The highest BCUT2D eigenvalue weighted by Gasteiger charge is 2.43. The Morgan fingerprint density at radius 1 is 0.962 bits per heavy atom. The number of nitrogen functional groups attached to an aromatic ring is 1. The lowest BCUT2D eigenvalue weighted by Gasteiger charge is -2.50. The van der Waals surface area contributed by atoms with E-state index in [0.717, 1.165) is 11.4 Å². The smallest absolute Gasteiger partial charge is 0.199 e. The Balaban J connectivity index is 1.53. The van der Waals surface area contributed by atoms with Crippen molar-refractivity contribution in [2.45, 2.75) is 56.5 Å². The van der Waals surface area contributed by atoms with E-state index in [-0.39, 0.29) is 6.23 Å². The number of nitrogens with zero attached hydrogens (tertiary/aromatic N) is 2. The molecule has 2 aromatic carbocycles. The number of ether oxygens (including phenoxy) is 1. The molecule has 2 fully saturated rings. The predicted octanol–water partition coefficient (Wildman–Crippen LogP) is 4.18. The van der Waals surface area contributed by atoms with Crippen LogP contribution in [0.15, 0.2) is 48.5 Å². The van der Waals surface area contributed by atoms with Crippen LogP contribution in [0.25, 0.3) is 0 Å². The minimum Gasteiger partial charge on any atom is -0.464 e. The maximum atomic E-state index is 6.42. The molecule has 5 rings (SSSR count). The summed E-state index contributed by atoms with van der Waals surface area (Å²) >= 11 is 0. The normalized spacial score (nSPS) is 30.7. The predicted molar refractivity (Wildman–Crippen MR) is 105 cm³/mol. The lowest BCUT2D eigenvalue weighted by atomic mass is 9.81. The van der Waals surface area contributed by atoms with Gasteiger partial charge in [-0.1, -0.05) is 36.8 Å². The van der Waals surface area contributed by atoms with E-state index in [1.165, 1.54) is 43.4 Å². The minimum absolute atomic E-state index is 0.0536. The summed E-state index contributed by atoms with van der Waals surface area (Å²) in [5, 5.41) is 0. The molecule has 0 spiro atoms. The van der Waals surface area contributed by atoms with Crippen LogP contribution in [0.1, 0.15) is 43.9 Å². The molecule has 3 aliphatic rings. The van der Waals surface area contributed by atoms with Gasteiger partial charge in [0.15, 0.2) is 6.23 Å². The molecule has 2 bridgehead atoms. The van der Waals surface area contributed by atoms with Crippen molar-refractivity contribution in [3.63, 3.8) is 0 Å². The van der Waals surface area contributed by atoms with E-state index in [0.29, 0.717) is 18.1 Å². The summed E-state index contributed by atoms with van der Waals surface area (Å²) in [7, 11) is 2.31. The Hall–Kier alpha value is -2.20. The van der Waals surface area contributed by atoms with Crippen molar-refractivity contribution in [1.29, 1.82) is 0 Å². The Kier molecular flexibility index (Phi) is 3.82. The van der Waals surface area contributed by atoms with Crippen LogP contribution in [-0.2, 0) is 0 Å². The number of benzene rings is 2. The lowest BCUT2D eigenvalue weighted by Crippen LogP contribution is -2.55. The Bertz CT molecular complexity index is 779. The third kappa shape index (κ3) is 2.55. The topological polar surface area (TPSA) is 41.7 Å². The molecule has 3 unspecified atom stereocenters. The van der Waals surface area contributed by atoms with Crippen LogP contribution in [0, 0.1) is 0 Å². The Labute approximate surface area is 155 Å². The monoisotopic (exact) mass is 349 g/mol. The SMILES string of the molecule is CN1C2CCCC1CC(N1c3ccc(N)cc3OC1c1ccccc1)C2. The molecule has 3 heterocycles. The average molecular weight is 349 g/mol. The zero-order valence-electron chi connectivity index (χ0n) is 15.3. The first-order valence-corrected chi connectivity index (χ1v) is 9.82. The van der Waals surface area contributed by atoms with Crippen molar-refractivity contribution in [3.8, 4) is 5.75 Å². The molecule has 3 aliphatic heterocycles. The number of nitrogens with two attached hydrogens (primary N) is 1. The summed E-state index contributed by atoms with van der Waals surface area (Å²) in [5.74, 6) is 0.919. The summed E-state index contributed by atoms with van der Waals surface area (Å²) in [6, 6.07) is 18.6. The van der Waals surface area contributed by atoms with Crippen molar-refractivity contribution >= 4 is 11.4 Å². The summed E-state index contributed by atoms with van der Waals surface area (Å²) < 4.78 is 6.42. The van der Waals surface area contributed by atoms with Gasteiger partial charge in [-0.05, 0) is 44.9 Å². The molecule has 4 heteroatoms. The second-order valence-electron chi connectivity index (χ2n) is 8.04. The second-order valence-corrected chi connectivity index (χ2v) is 8.04. The maximum absolute atomic E-state index is 6.42. The number of piperidine rings is 2. The molecule has 0 amide bonds. The fraction of sp³-hybridized carbons (Fsp3) is 0.455. The van der Waals surface area contributed by atoms with E-state index >= 15 is 0 Å². The van der Waals surface area contributed by atoms with Gasteiger partial charge in [-0.15, -0.1) is 0 Å². The van der Waals surface area contributed by atoms with Gasteiger partial charge in [0.05, 0.1) is 5.69 Å². The van der Waals surface area contributed by atoms with Gasteiger partial charge in [0.2, 0.25) is 0 Å². The molecule has 3 atom stereocenters. The summed E-state index contributed by atoms with van der Waals surface area (Å²) in [6.07, 6.45) is 6.39. The van der Waals surface area contributed by atoms with E-state index in [4.69, 9.17) is 10.5 Å². The average Bonchev–Trinajstić information content (AvgIpc) is 3.01. The van der Waals surface area contributed by atoms with Gasteiger partial charge < -0.3 is 20.3 Å². The van der Waals surface area contributed by atoms with E-state index in [9.17, 15) is 0 Å². The molecule has 0 aromatic heterocycles. The lowest BCUT2D eigenvalue weighted by molar-refractivity contribution is 0.0482. The first kappa shape index (κ1) is 16.0. The highest BCUT2D eigenvalue weighted by molar-refractivity contribution is 5.68. The van der Waals surface area contributed by atoms with Crippen LogP contribution in [0.3, 0.4) is 0 Å². The Morgan fingerprint density at radius 2 is 1.69 bits per heavy atom. The highest BCUT2D eigenvalue weighted by atomic mass is 16.5. The highest BCUT2D eigenvalue weighted by Crippen LogP contribution is 2.48.